The van der Waals surface area contributed by atoms with E-state index < -0.39 is 6.10 Å². The van der Waals surface area contributed by atoms with Crippen molar-refractivity contribution in [2.75, 3.05) is 0 Å². The van der Waals surface area contributed by atoms with Crippen LogP contribution >= 0.6 is 22.9 Å². The van der Waals surface area contributed by atoms with Crippen LogP contribution in [-0.2, 0) is 0 Å². The molecule has 0 unspecified atom stereocenters. The number of carbonyl (C=O) groups excluding carboxylic acids is 1. The summed E-state index contributed by atoms with van der Waals surface area (Å²) in [6.07, 6.45) is 3.57. The second-order valence-electron chi connectivity index (χ2n) is 3.47. The molecule has 0 fully saturated rings. The molecule has 0 saturated heterocycles. The predicted molar refractivity (Wildman–Crippen MR) is 65.4 cm³/mol. The summed E-state index contributed by atoms with van der Waals surface area (Å²) in [5, 5.41) is 9.46. The molecule has 0 radical (unpaired) electrons. The van der Waals surface area contributed by atoms with E-state index in [1.165, 1.54) is 18.7 Å². The number of thiophene rings is 1. The number of aliphatic hydroxyl groups is 1. The Morgan fingerprint density at radius 2 is 2.12 bits per heavy atom. The van der Waals surface area contributed by atoms with Crippen molar-refractivity contribution in [1.82, 2.24) is 9.97 Å². The molecule has 0 amide bonds. The van der Waals surface area contributed by atoms with E-state index in [0.717, 1.165) is 11.3 Å². The number of ketones is 1. The minimum Gasteiger partial charge on any atom is -0.389 e. The summed E-state index contributed by atoms with van der Waals surface area (Å²) in [7, 11) is 0. The minimum absolute atomic E-state index is 0.190. The van der Waals surface area contributed by atoms with Crippen LogP contribution in [0.5, 0.6) is 0 Å². The molecule has 2 heterocycles. The summed E-state index contributed by atoms with van der Waals surface area (Å²) in [6.45, 7) is 1.60. The van der Waals surface area contributed by atoms with E-state index in [2.05, 4.69) is 9.97 Å². The number of hydrogen-bond acceptors (Lipinski definition) is 5. The third-order valence-electron chi connectivity index (χ3n) is 2.21. The van der Waals surface area contributed by atoms with Gasteiger partial charge in [0.1, 0.15) is 6.33 Å². The maximum Gasteiger partial charge on any atom is 0.206 e. The molecule has 2 rings (SSSR count). The van der Waals surface area contributed by atoms with Crippen LogP contribution in [0.4, 0.5) is 0 Å². The average Bonchev–Trinajstić information content (AvgIpc) is 2.71. The van der Waals surface area contributed by atoms with Crippen molar-refractivity contribution in [3.05, 3.63) is 45.1 Å². The quantitative estimate of drug-likeness (QED) is 0.869. The molecule has 2 aromatic heterocycles. The molecule has 1 atom stereocenters. The van der Waals surface area contributed by atoms with E-state index in [1.807, 2.05) is 0 Å². The molecule has 0 aromatic carbocycles. The van der Waals surface area contributed by atoms with Crippen LogP contribution in [0.15, 0.2) is 24.8 Å². The molecule has 0 spiro atoms. The van der Waals surface area contributed by atoms with Crippen LogP contribution in [-0.4, -0.2) is 20.9 Å². The molecular weight excluding hydrogens is 260 g/mol. The Labute approximate surface area is 107 Å². The van der Waals surface area contributed by atoms with E-state index in [4.69, 9.17) is 11.6 Å². The minimum atomic E-state index is -0.688. The van der Waals surface area contributed by atoms with Gasteiger partial charge in [0.25, 0.3) is 0 Å². The van der Waals surface area contributed by atoms with Gasteiger partial charge in [-0.05, 0) is 13.0 Å². The highest BCUT2D eigenvalue weighted by atomic mass is 35.5. The van der Waals surface area contributed by atoms with E-state index in [1.54, 1.807) is 13.0 Å². The van der Waals surface area contributed by atoms with Crippen LogP contribution < -0.4 is 0 Å². The third-order valence-corrected chi connectivity index (χ3v) is 3.60. The Morgan fingerprint density at radius 1 is 1.47 bits per heavy atom. The average molecular weight is 269 g/mol. The zero-order valence-electron chi connectivity index (χ0n) is 8.92. The number of halogens is 1. The maximum atomic E-state index is 12.0. The maximum absolute atomic E-state index is 12.0. The molecule has 4 nitrogen and oxygen atoms in total. The second kappa shape index (κ2) is 4.91. The number of aliphatic hydroxyl groups excluding tert-OH is 1. The van der Waals surface area contributed by atoms with Gasteiger partial charge in [-0.15, -0.1) is 11.3 Å². The zero-order valence-corrected chi connectivity index (χ0v) is 10.5. The number of aromatic nitrogens is 2. The van der Waals surface area contributed by atoms with E-state index in [0.29, 0.717) is 20.3 Å². The van der Waals surface area contributed by atoms with Crippen LogP contribution in [0.2, 0.25) is 4.34 Å². The van der Waals surface area contributed by atoms with Gasteiger partial charge in [-0.1, -0.05) is 11.6 Å². The van der Waals surface area contributed by atoms with Gasteiger partial charge in [0.05, 0.1) is 20.9 Å². The number of nitrogens with zero attached hydrogens (tertiary/aromatic N) is 2. The first-order chi connectivity index (χ1) is 8.09. The fraction of sp³-hybridized carbons (Fsp3) is 0.182. The lowest BCUT2D eigenvalue weighted by Crippen LogP contribution is -2.00. The Kier molecular flexibility index (Phi) is 3.51. The zero-order chi connectivity index (χ0) is 12.4. The lowest BCUT2D eigenvalue weighted by Gasteiger charge is -1.99. The Bertz CT molecular complexity index is 540. The predicted octanol–water partition coefficient (Wildman–Crippen LogP) is 2.48. The summed E-state index contributed by atoms with van der Waals surface area (Å²) < 4.78 is 0.431. The van der Waals surface area contributed by atoms with Crippen molar-refractivity contribution in [2.45, 2.75) is 13.0 Å². The largest absolute Gasteiger partial charge is 0.389 e. The van der Waals surface area contributed by atoms with Crippen LogP contribution in [0, 0.1) is 0 Å². The first-order valence-electron chi connectivity index (χ1n) is 4.86. The molecule has 2 aromatic rings. The Balaban J connectivity index is 2.36. The Hall–Kier alpha value is -1.30. The van der Waals surface area contributed by atoms with Gasteiger partial charge in [0.2, 0.25) is 5.78 Å². The van der Waals surface area contributed by atoms with Crippen LogP contribution in [0.3, 0.4) is 0 Å². The van der Waals surface area contributed by atoms with Gasteiger partial charge in [-0.3, -0.25) is 4.79 Å². The van der Waals surface area contributed by atoms with Gasteiger partial charge in [0, 0.05) is 18.0 Å². The van der Waals surface area contributed by atoms with Gasteiger partial charge in [-0.25, -0.2) is 9.97 Å². The monoisotopic (exact) mass is 268 g/mol. The normalized spacial score (nSPS) is 12.4. The molecule has 0 aliphatic heterocycles. The van der Waals surface area contributed by atoms with Crippen LogP contribution in [0.1, 0.15) is 33.8 Å². The van der Waals surface area contributed by atoms with Gasteiger partial charge >= 0.3 is 0 Å². The van der Waals surface area contributed by atoms with Gasteiger partial charge in [-0.2, -0.15) is 0 Å². The molecule has 88 valence electrons. The SMILES string of the molecule is C[C@H](O)c1cc(C(=O)c2cncnc2)sc1Cl. The standard InChI is InChI=1S/C11H9ClN2O2S/c1-6(15)8-2-9(17-11(8)12)10(16)7-3-13-5-14-4-7/h2-6,15H,1H3/t6-/m0/s1. The highest BCUT2D eigenvalue weighted by Gasteiger charge is 2.17. The summed E-state index contributed by atoms with van der Waals surface area (Å²) in [5.41, 5.74) is 0.972. The van der Waals surface area contributed by atoms with Crippen molar-refractivity contribution in [3.63, 3.8) is 0 Å². The molecule has 0 bridgehead atoms. The van der Waals surface area contributed by atoms with Crippen molar-refractivity contribution >= 4 is 28.7 Å². The summed E-state index contributed by atoms with van der Waals surface area (Å²) in [4.78, 5) is 20.1. The van der Waals surface area contributed by atoms with E-state index >= 15 is 0 Å². The van der Waals surface area contributed by atoms with Gasteiger partial charge in [0.15, 0.2) is 0 Å². The number of rotatable bonds is 3. The van der Waals surface area contributed by atoms with Gasteiger partial charge < -0.3 is 5.11 Å². The van der Waals surface area contributed by atoms with Crippen molar-refractivity contribution in [3.8, 4) is 0 Å². The van der Waals surface area contributed by atoms with Crippen molar-refractivity contribution < 1.29 is 9.90 Å². The fourth-order valence-electron chi connectivity index (χ4n) is 1.34. The molecular formula is C11H9ClN2O2S. The lowest BCUT2D eigenvalue weighted by molar-refractivity contribution is 0.104. The number of carbonyl (C=O) groups is 1. The van der Waals surface area contributed by atoms with E-state index in [-0.39, 0.29) is 5.78 Å². The lowest BCUT2D eigenvalue weighted by atomic mass is 10.1. The first-order valence-corrected chi connectivity index (χ1v) is 6.06. The topological polar surface area (TPSA) is 63.1 Å². The van der Waals surface area contributed by atoms with E-state index in [9.17, 15) is 9.90 Å². The molecule has 0 aliphatic carbocycles. The smallest absolute Gasteiger partial charge is 0.206 e. The summed E-state index contributed by atoms with van der Waals surface area (Å²) in [5.74, 6) is -0.190. The molecule has 6 heteroatoms. The van der Waals surface area contributed by atoms with Crippen LogP contribution in [0.25, 0.3) is 0 Å². The molecule has 0 aliphatic rings. The third kappa shape index (κ3) is 2.52. The molecule has 0 saturated carbocycles. The molecule has 1 N–H and O–H groups in total. The van der Waals surface area contributed by atoms with Crippen molar-refractivity contribution in [2.24, 2.45) is 0 Å². The highest BCUT2D eigenvalue weighted by molar-refractivity contribution is 7.18. The summed E-state index contributed by atoms with van der Waals surface area (Å²) >= 11 is 7.09. The number of hydrogen-bond donors (Lipinski definition) is 1. The van der Waals surface area contributed by atoms with Crippen molar-refractivity contribution in [1.29, 1.82) is 0 Å². The Morgan fingerprint density at radius 3 is 2.65 bits per heavy atom. The second-order valence-corrected chi connectivity index (χ2v) is 5.13. The summed E-state index contributed by atoms with van der Waals surface area (Å²) in [6, 6.07) is 1.60. The highest BCUT2D eigenvalue weighted by Crippen LogP contribution is 2.32. The fourth-order valence-corrected chi connectivity index (χ4v) is 2.74. The molecule has 17 heavy (non-hydrogen) atoms. The first kappa shape index (κ1) is 12.2.